The molecule has 2 N–H and O–H groups in total. The van der Waals surface area contributed by atoms with Gasteiger partial charge in [-0.3, -0.25) is 9.89 Å². The van der Waals surface area contributed by atoms with Crippen molar-refractivity contribution in [3.8, 4) is 11.4 Å². The molecule has 3 aromatic rings. The van der Waals surface area contributed by atoms with Crippen molar-refractivity contribution in [3.63, 3.8) is 0 Å². The van der Waals surface area contributed by atoms with Crippen LogP contribution in [0.2, 0.25) is 0 Å². The third kappa shape index (κ3) is 4.73. The number of aromatic amines is 1. The van der Waals surface area contributed by atoms with E-state index in [9.17, 15) is 4.79 Å². The number of hydrogen-bond donors (Lipinski definition) is 2. The first-order chi connectivity index (χ1) is 12.7. The van der Waals surface area contributed by atoms with E-state index in [0.29, 0.717) is 16.9 Å². The largest absolute Gasteiger partial charge is 0.325 e. The minimum atomic E-state index is -0.0719. The second-order valence-corrected chi connectivity index (χ2v) is 7.04. The first-order valence-corrected chi connectivity index (χ1v) is 9.64. The van der Waals surface area contributed by atoms with Crippen LogP contribution in [0.1, 0.15) is 31.7 Å². The van der Waals surface area contributed by atoms with Crippen molar-refractivity contribution in [2.24, 2.45) is 0 Å². The zero-order valence-corrected chi connectivity index (χ0v) is 15.7. The van der Waals surface area contributed by atoms with Crippen LogP contribution in [0.25, 0.3) is 11.4 Å². The lowest BCUT2D eigenvalue weighted by Crippen LogP contribution is -2.14. The average Bonchev–Trinajstić information content (AvgIpc) is 3.16. The van der Waals surface area contributed by atoms with Gasteiger partial charge in [0.05, 0.1) is 5.75 Å². The Hall–Kier alpha value is -2.60. The highest BCUT2D eigenvalue weighted by Crippen LogP contribution is 2.21. The summed E-state index contributed by atoms with van der Waals surface area (Å²) in [6, 6.07) is 17.8. The number of anilines is 1. The second-order valence-electron chi connectivity index (χ2n) is 6.10. The molecular formula is C20H22N4OS. The summed E-state index contributed by atoms with van der Waals surface area (Å²) < 4.78 is 0. The Morgan fingerprint density at radius 3 is 2.58 bits per heavy atom. The van der Waals surface area contributed by atoms with Gasteiger partial charge < -0.3 is 5.32 Å². The topological polar surface area (TPSA) is 70.7 Å². The van der Waals surface area contributed by atoms with Crippen molar-refractivity contribution < 1.29 is 4.79 Å². The molecule has 0 saturated heterocycles. The maximum atomic E-state index is 12.1. The maximum Gasteiger partial charge on any atom is 0.234 e. The lowest BCUT2D eigenvalue weighted by molar-refractivity contribution is -0.113. The van der Waals surface area contributed by atoms with E-state index in [-0.39, 0.29) is 11.7 Å². The molecule has 0 fully saturated rings. The molecule has 0 bridgehead atoms. The van der Waals surface area contributed by atoms with E-state index < -0.39 is 0 Å². The number of benzene rings is 2. The van der Waals surface area contributed by atoms with Gasteiger partial charge in [-0.25, -0.2) is 4.98 Å². The Bertz CT molecular complexity index is 846. The fourth-order valence-electron chi connectivity index (χ4n) is 2.49. The summed E-state index contributed by atoms with van der Waals surface area (Å²) in [5.41, 5.74) is 3.06. The molecule has 1 amide bonds. The lowest BCUT2D eigenvalue weighted by atomic mass is 9.99. The zero-order valence-electron chi connectivity index (χ0n) is 14.9. The summed E-state index contributed by atoms with van der Waals surface area (Å²) in [6.07, 6.45) is 1.10. The number of thioether (sulfide) groups is 1. The van der Waals surface area contributed by atoms with E-state index in [0.717, 1.165) is 17.7 Å². The first kappa shape index (κ1) is 18.2. The molecule has 0 radical (unpaired) electrons. The minimum Gasteiger partial charge on any atom is -0.325 e. The summed E-state index contributed by atoms with van der Waals surface area (Å²) in [5, 5.41) is 10.5. The van der Waals surface area contributed by atoms with Crippen molar-refractivity contribution in [1.29, 1.82) is 0 Å². The Morgan fingerprint density at radius 2 is 1.88 bits per heavy atom. The molecule has 6 heteroatoms. The fraction of sp³-hybridized carbons (Fsp3) is 0.250. The highest BCUT2D eigenvalue weighted by molar-refractivity contribution is 7.99. The fourth-order valence-corrected chi connectivity index (χ4v) is 3.09. The van der Waals surface area contributed by atoms with Gasteiger partial charge in [-0.1, -0.05) is 68.1 Å². The smallest absolute Gasteiger partial charge is 0.234 e. The molecule has 26 heavy (non-hydrogen) atoms. The summed E-state index contributed by atoms with van der Waals surface area (Å²) in [5.74, 6) is 1.42. The standard InChI is InChI=1S/C20H22N4OS/c1-3-14(2)15-9-11-17(12-10-15)21-18(25)13-26-20-22-19(23-24-20)16-7-5-4-6-8-16/h4-12,14H,3,13H2,1-2H3,(H,21,25)(H,22,23,24)/t14-/m0/s1. The van der Waals surface area contributed by atoms with Crippen LogP contribution < -0.4 is 5.32 Å². The van der Waals surface area contributed by atoms with Crippen LogP contribution in [0.15, 0.2) is 59.8 Å². The molecule has 0 aliphatic carbocycles. The van der Waals surface area contributed by atoms with Crippen LogP contribution in [0.4, 0.5) is 5.69 Å². The predicted molar refractivity (Wildman–Crippen MR) is 106 cm³/mol. The summed E-state index contributed by atoms with van der Waals surface area (Å²) in [4.78, 5) is 16.6. The molecule has 5 nitrogen and oxygen atoms in total. The van der Waals surface area contributed by atoms with Gasteiger partial charge in [-0.2, -0.15) is 0 Å². The van der Waals surface area contributed by atoms with Gasteiger partial charge in [-0.05, 0) is 30.0 Å². The van der Waals surface area contributed by atoms with E-state index in [1.54, 1.807) is 0 Å². The molecule has 1 heterocycles. The van der Waals surface area contributed by atoms with Crippen LogP contribution >= 0.6 is 11.8 Å². The normalized spacial score (nSPS) is 11.9. The first-order valence-electron chi connectivity index (χ1n) is 8.66. The number of nitrogens with one attached hydrogen (secondary N) is 2. The van der Waals surface area contributed by atoms with Crippen LogP contribution in [0, 0.1) is 0 Å². The van der Waals surface area contributed by atoms with Gasteiger partial charge in [0.15, 0.2) is 5.82 Å². The molecule has 3 rings (SSSR count). The molecular weight excluding hydrogens is 344 g/mol. The molecule has 1 atom stereocenters. The van der Waals surface area contributed by atoms with Crippen molar-refractivity contribution >= 4 is 23.4 Å². The van der Waals surface area contributed by atoms with Gasteiger partial charge in [0, 0.05) is 11.3 Å². The monoisotopic (exact) mass is 366 g/mol. The number of amides is 1. The Morgan fingerprint density at radius 1 is 1.15 bits per heavy atom. The number of aromatic nitrogens is 3. The SMILES string of the molecule is CC[C@H](C)c1ccc(NC(=O)CSc2n[nH]c(-c3ccccc3)n2)cc1. The molecule has 0 aliphatic rings. The molecule has 2 aromatic carbocycles. The Balaban J connectivity index is 1.52. The van der Waals surface area contributed by atoms with Crippen molar-refractivity contribution in [2.45, 2.75) is 31.3 Å². The van der Waals surface area contributed by atoms with E-state index in [1.807, 2.05) is 42.5 Å². The van der Waals surface area contributed by atoms with Crippen LogP contribution in [-0.4, -0.2) is 26.8 Å². The van der Waals surface area contributed by atoms with Gasteiger partial charge in [0.2, 0.25) is 11.1 Å². The molecule has 134 valence electrons. The number of carbonyl (C=O) groups is 1. The van der Waals surface area contributed by atoms with Crippen LogP contribution in [0.5, 0.6) is 0 Å². The van der Waals surface area contributed by atoms with Gasteiger partial charge in [0.1, 0.15) is 0 Å². The zero-order chi connectivity index (χ0) is 18.4. The third-order valence-corrected chi connectivity index (χ3v) is 5.07. The quantitative estimate of drug-likeness (QED) is 0.594. The van der Waals surface area contributed by atoms with E-state index >= 15 is 0 Å². The van der Waals surface area contributed by atoms with Gasteiger partial charge in [-0.15, -0.1) is 5.10 Å². The Kier molecular flexibility index (Phi) is 6.07. The molecule has 0 spiro atoms. The summed E-state index contributed by atoms with van der Waals surface area (Å²) in [6.45, 7) is 4.37. The minimum absolute atomic E-state index is 0.0719. The second kappa shape index (κ2) is 8.67. The number of H-pyrrole nitrogens is 1. The van der Waals surface area contributed by atoms with Gasteiger partial charge >= 0.3 is 0 Å². The van der Waals surface area contributed by atoms with Crippen molar-refractivity contribution in [1.82, 2.24) is 15.2 Å². The van der Waals surface area contributed by atoms with Crippen molar-refractivity contribution in [2.75, 3.05) is 11.1 Å². The van der Waals surface area contributed by atoms with Crippen LogP contribution in [0.3, 0.4) is 0 Å². The van der Waals surface area contributed by atoms with Gasteiger partial charge in [0.25, 0.3) is 0 Å². The lowest BCUT2D eigenvalue weighted by Gasteiger charge is -2.10. The van der Waals surface area contributed by atoms with E-state index in [4.69, 9.17) is 0 Å². The highest BCUT2D eigenvalue weighted by atomic mass is 32.2. The van der Waals surface area contributed by atoms with E-state index in [1.165, 1.54) is 17.3 Å². The molecule has 0 unspecified atom stereocenters. The average molecular weight is 366 g/mol. The number of nitrogens with zero attached hydrogens (tertiary/aromatic N) is 2. The maximum absolute atomic E-state index is 12.1. The summed E-state index contributed by atoms with van der Waals surface area (Å²) in [7, 11) is 0. The molecule has 0 aliphatic heterocycles. The third-order valence-electron chi connectivity index (χ3n) is 4.22. The van der Waals surface area contributed by atoms with E-state index in [2.05, 4.69) is 46.5 Å². The highest BCUT2D eigenvalue weighted by Gasteiger charge is 2.09. The molecule has 1 aromatic heterocycles. The van der Waals surface area contributed by atoms with Crippen LogP contribution in [-0.2, 0) is 4.79 Å². The Labute approximate surface area is 157 Å². The van der Waals surface area contributed by atoms with Crippen molar-refractivity contribution in [3.05, 3.63) is 60.2 Å². The number of hydrogen-bond acceptors (Lipinski definition) is 4. The molecule has 0 saturated carbocycles. The summed E-state index contributed by atoms with van der Waals surface area (Å²) >= 11 is 1.31. The predicted octanol–water partition coefficient (Wildman–Crippen LogP) is 4.72. The number of rotatable bonds is 7. The number of carbonyl (C=O) groups excluding carboxylic acids is 1.